The monoisotopic (exact) mass is 272 g/mol. The Labute approximate surface area is 106 Å². The van der Waals surface area contributed by atoms with Gasteiger partial charge in [-0.2, -0.15) is 4.98 Å². The molecule has 4 nitrogen and oxygen atoms in total. The average molecular weight is 272 g/mol. The lowest BCUT2D eigenvalue weighted by atomic mass is 10.1. The molecule has 0 amide bonds. The minimum Gasteiger partial charge on any atom is -0.393 e. The van der Waals surface area contributed by atoms with Gasteiger partial charge in [0.25, 0.3) is 0 Å². The van der Waals surface area contributed by atoms with E-state index in [1.54, 1.807) is 13.8 Å². The highest BCUT2D eigenvalue weighted by Gasteiger charge is 2.20. The van der Waals surface area contributed by atoms with Crippen molar-refractivity contribution in [3.63, 3.8) is 0 Å². The first-order chi connectivity index (χ1) is 8.90. The third-order valence-electron chi connectivity index (χ3n) is 2.80. The van der Waals surface area contributed by atoms with Crippen molar-refractivity contribution >= 4 is 0 Å². The normalized spacial score (nSPS) is 14.4. The van der Waals surface area contributed by atoms with E-state index in [9.17, 15) is 18.3 Å². The van der Waals surface area contributed by atoms with Gasteiger partial charge in [-0.3, -0.25) is 0 Å². The summed E-state index contributed by atoms with van der Waals surface area (Å²) in [7, 11) is 0. The molecule has 0 saturated carbocycles. The van der Waals surface area contributed by atoms with Gasteiger partial charge in [0.1, 0.15) is 0 Å². The maximum absolute atomic E-state index is 13.1. The largest absolute Gasteiger partial charge is 0.393 e. The third kappa shape index (κ3) is 2.60. The highest BCUT2D eigenvalue weighted by molar-refractivity contribution is 5.54. The quantitative estimate of drug-likeness (QED) is 0.873. The van der Waals surface area contributed by atoms with Crippen LogP contribution in [0.3, 0.4) is 0 Å². The fourth-order valence-electron chi connectivity index (χ4n) is 1.43. The first kappa shape index (κ1) is 13.5. The Hall–Kier alpha value is -1.89. The predicted molar refractivity (Wildman–Crippen MR) is 59.7 cm³/mol. The molecule has 0 aliphatic rings. The standard InChI is InChI=1S/C12H11F3N2O2/c1-5(6(2)18)12-16-11(17-19-12)7-3-8(13)10(15)9(14)4-7/h3-6,18H,1-2H3. The number of benzene rings is 1. The van der Waals surface area contributed by atoms with Crippen LogP contribution in [0.4, 0.5) is 13.2 Å². The van der Waals surface area contributed by atoms with Crippen molar-refractivity contribution in [1.82, 2.24) is 10.1 Å². The van der Waals surface area contributed by atoms with Crippen molar-refractivity contribution in [1.29, 1.82) is 0 Å². The van der Waals surface area contributed by atoms with Gasteiger partial charge in [0, 0.05) is 5.56 Å². The van der Waals surface area contributed by atoms with E-state index in [0.717, 1.165) is 12.1 Å². The molecule has 0 saturated heterocycles. The SMILES string of the molecule is CC(O)C(C)c1nc(-c2cc(F)c(F)c(F)c2)no1. The van der Waals surface area contributed by atoms with Gasteiger partial charge < -0.3 is 9.63 Å². The molecule has 2 aromatic rings. The Balaban J connectivity index is 2.38. The summed E-state index contributed by atoms with van der Waals surface area (Å²) in [6, 6.07) is 1.56. The molecule has 2 unspecified atom stereocenters. The molecule has 0 spiro atoms. The van der Waals surface area contributed by atoms with Gasteiger partial charge in [0.05, 0.1) is 12.0 Å². The lowest BCUT2D eigenvalue weighted by Crippen LogP contribution is -2.11. The summed E-state index contributed by atoms with van der Waals surface area (Å²) in [6.45, 7) is 3.21. The molecule has 1 heterocycles. The van der Waals surface area contributed by atoms with Gasteiger partial charge in [0.2, 0.25) is 11.7 Å². The minimum atomic E-state index is -1.55. The number of halogens is 3. The molecule has 7 heteroatoms. The van der Waals surface area contributed by atoms with E-state index < -0.39 is 29.5 Å². The minimum absolute atomic E-state index is 0.0378. The third-order valence-corrected chi connectivity index (χ3v) is 2.80. The van der Waals surface area contributed by atoms with Crippen LogP contribution in [0, 0.1) is 17.5 Å². The molecule has 102 valence electrons. The second-order valence-corrected chi connectivity index (χ2v) is 4.24. The van der Waals surface area contributed by atoms with E-state index in [1.165, 1.54) is 0 Å². The van der Waals surface area contributed by atoms with E-state index in [1.807, 2.05) is 0 Å². The molecule has 0 fully saturated rings. The lowest BCUT2D eigenvalue weighted by Gasteiger charge is -2.08. The number of hydrogen-bond acceptors (Lipinski definition) is 4. The first-order valence-electron chi connectivity index (χ1n) is 5.56. The van der Waals surface area contributed by atoms with Crippen molar-refractivity contribution in [2.75, 3.05) is 0 Å². The summed E-state index contributed by atoms with van der Waals surface area (Å²) in [4.78, 5) is 3.92. The zero-order valence-corrected chi connectivity index (χ0v) is 10.2. The van der Waals surface area contributed by atoms with Crippen LogP contribution in [0.25, 0.3) is 11.4 Å². The summed E-state index contributed by atoms with van der Waals surface area (Å²) in [5, 5.41) is 12.9. The lowest BCUT2D eigenvalue weighted by molar-refractivity contribution is 0.151. The number of hydrogen-bond donors (Lipinski definition) is 1. The van der Waals surface area contributed by atoms with Crippen molar-refractivity contribution in [2.24, 2.45) is 0 Å². The summed E-state index contributed by atoms with van der Waals surface area (Å²) in [6.07, 6.45) is -0.713. The summed E-state index contributed by atoms with van der Waals surface area (Å²) < 4.78 is 43.9. The highest BCUT2D eigenvalue weighted by atomic mass is 19.2. The fourth-order valence-corrected chi connectivity index (χ4v) is 1.43. The molecule has 2 rings (SSSR count). The maximum Gasteiger partial charge on any atom is 0.232 e. The van der Waals surface area contributed by atoms with Crippen molar-refractivity contribution in [3.05, 3.63) is 35.5 Å². The van der Waals surface area contributed by atoms with E-state index in [0.29, 0.717) is 0 Å². The average Bonchev–Trinajstić information content (AvgIpc) is 2.83. The second-order valence-electron chi connectivity index (χ2n) is 4.24. The van der Waals surface area contributed by atoms with E-state index in [2.05, 4.69) is 10.1 Å². The topological polar surface area (TPSA) is 59.2 Å². The number of nitrogens with zero attached hydrogens (tertiary/aromatic N) is 2. The van der Waals surface area contributed by atoms with Crippen LogP contribution in [0.15, 0.2) is 16.7 Å². The molecule has 1 aromatic carbocycles. The molecule has 0 radical (unpaired) electrons. The Bertz CT molecular complexity index is 575. The number of rotatable bonds is 3. The summed E-state index contributed by atoms with van der Waals surface area (Å²) in [5.41, 5.74) is -0.0378. The Morgan fingerprint density at radius 2 is 1.74 bits per heavy atom. The van der Waals surface area contributed by atoms with Crippen molar-refractivity contribution < 1.29 is 22.8 Å². The van der Waals surface area contributed by atoms with Gasteiger partial charge in [-0.05, 0) is 19.1 Å². The van der Waals surface area contributed by atoms with Crippen LogP contribution >= 0.6 is 0 Å². The van der Waals surface area contributed by atoms with Crippen LogP contribution in [0.2, 0.25) is 0 Å². The van der Waals surface area contributed by atoms with Crippen LogP contribution < -0.4 is 0 Å². The van der Waals surface area contributed by atoms with Crippen molar-refractivity contribution in [3.8, 4) is 11.4 Å². The molecule has 1 aromatic heterocycles. The van der Waals surface area contributed by atoms with Crippen molar-refractivity contribution in [2.45, 2.75) is 25.9 Å². The summed E-state index contributed by atoms with van der Waals surface area (Å²) in [5.74, 6) is -4.56. The van der Waals surface area contributed by atoms with Gasteiger partial charge in [-0.15, -0.1) is 0 Å². The van der Waals surface area contributed by atoms with Crippen LogP contribution in [-0.4, -0.2) is 21.4 Å². The fraction of sp³-hybridized carbons (Fsp3) is 0.333. The predicted octanol–water partition coefficient (Wildman–Crippen LogP) is 2.64. The second kappa shape index (κ2) is 5.00. The van der Waals surface area contributed by atoms with Gasteiger partial charge in [-0.25, -0.2) is 13.2 Å². The number of aliphatic hydroxyl groups is 1. The zero-order chi connectivity index (χ0) is 14.2. The highest BCUT2D eigenvalue weighted by Crippen LogP contribution is 2.24. The van der Waals surface area contributed by atoms with Crippen LogP contribution in [0.5, 0.6) is 0 Å². The molecule has 0 bridgehead atoms. The first-order valence-corrected chi connectivity index (χ1v) is 5.56. The van der Waals surface area contributed by atoms with Gasteiger partial charge >= 0.3 is 0 Å². The Kier molecular flexibility index (Phi) is 3.57. The molecule has 0 aliphatic heterocycles. The Morgan fingerprint density at radius 1 is 1.16 bits per heavy atom. The van der Waals surface area contributed by atoms with Gasteiger partial charge in [-0.1, -0.05) is 12.1 Å². The number of aromatic nitrogens is 2. The molecular weight excluding hydrogens is 261 g/mol. The van der Waals surface area contributed by atoms with Crippen LogP contribution in [-0.2, 0) is 0 Å². The molecule has 19 heavy (non-hydrogen) atoms. The smallest absolute Gasteiger partial charge is 0.232 e. The van der Waals surface area contributed by atoms with E-state index >= 15 is 0 Å². The molecule has 1 N–H and O–H groups in total. The zero-order valence-electron chi connectivity index (χ0n) is 10.2. The van der Waals surface area contributed by atoms with E-state index in [4.69, 9.17) is 4.52 Å². The number of aliphatic hydroxyl groups excluding tert-OH is 1. The Morgan fingerprint density at radius 3 is 2.26 bits per heavy atom. The molecule has 2 atom stereocenters. The summed E-state index contributed by atoms with van der Waals surface area (Å²) >= 11 is 0. The maximum atomic E-state index is 13.1. The molecule has 0 aliphatic carbocycles. The van der Waals surface area contributed by atoms with Crippen LogP contribution in [0.1, 0.15) is 25.7 Å². The van der Waals surface area contributed by atoms with Gasteiger partial charge in [0.15, 0.2) is 17.5 Å². The van der Waals surface area contributed by atoms with E-state index in [-0.39, 0.29) is 17.3 Å². The molecular formula is C12H11F3N2O2.